The summed E-state index contributed by atoms with van der Waals surface area (Å²) in [7, 11) is -3.73. The molecule has 0 saturated heterocycles. The summed E-state index contributed by atoms with van der Waals surface area (Å²) in [6, 6.07) is 11.7. The average molecular weight is 481 g/mol. The van der Waals surface area contributed by atoms with Gasteiger partial charge in [0.2, 0.25) is 10.0 Å². The smallest absolute Gasteiger partial charge is 0.330 e. The third kappa shape index (κ3) is 3.93. The molecule has 0 radical (unpaired) electrons. The van der Waals surface area contributed by atoms with Gasteiger partial charge in [-0.1, -0.05) is 29.4 Å². The number of aromatic nitrogens is 5. The monoisotopic (exact) mass is 480 g/mol. The van der Waals surface area contributed by atoms with Gasteiger partial charge in [-0.2, -0.15) is 0 Å². The maximum Gasteiger partial charge on any atom is 0.330 e. The topological polar surface area (TPSA) is 145 Å². The summed E-state index contributed by atoms with van der Waals surface area (Å²) in [5, 5.41) is 4.25. The van der Waals surface area contributed by atoms with E-state index in [1.807, 2.05) is 6.92 Å². The average Bonchev–Trinajstić information content (AvgIpc) is 3.48. The van der Waals surface area contributed by atoms with E-state index in [2.05, 4.69) is 19.8 Å². The minimum Gasteiger partial charge on any atom is -0.356 e. The van der Waals surface area contributed by atoms with Gasteiger partial charge in [0.05, 0.1) is 24.0 Å². The van der Waals surface area contributed by atoms with Crippen LogP contribution in [0.5, 0.6) is 0 Å². The number of aromatic amines is 1. The molecule has 0 bridgehead atoms. The molecule has 2 N–H and O–H groups in total. The highest BCUT2D eigenvalue weighted by Crippen LogP contribution is 2.19. The molecule has 11 nitrogen and oxygen atoms in total. The lowest BCUT2D eigenvalue weighted by molar-refractivity contribution is 0.456. The van der Waals surface area contributed by atoms with E-state index in [0.717, 1.165) is 11.1 Å². The van der Waals surface area contributed by atoms with Gasteiger partial charge in [-0.15, -0.1) is 0 Å². The molecule has 174 valence electrons. The van der Waals surface area contributed by atoms with Crippen molar-refractivity contribution in [2.24, 2.45) is 0 Å². The van der Waals surface area contributed by atoms with Gasteiger partial charge in [-0.05, 0) is 36.2 Å². The molecule has 0 fully saturated rings. The van der Waals surface area contributed by atoms with Crippen LogP contribution < -0.4 is 16.0 Å². The fourth-order valence-electron chi connectivity index (χ4n) is 3.73. The first-order valence-corrected chi connectivity index (χ1v) is 11.9. The van der Waals surface area contributed by atoms with Crippen molar-refractivity contribution in [1.82, 2.24) is 29.0 Å². The second kappa shape index (κ2) is 8.39. The Morgan fingerprint density at radius 3 is 2.62 bits per heavy atom. The largest absolute Gasteiger partial charge is 0.356 e. The van der Waals surface area contributed by atoms with Crippen LogP contribution in [0.3, 0.4) is 0 Å². The van der Waals surface area contributed by atoms with E-state index in [0.29, 0.717) is 28.7 Å². The minimum absolute atomic E-state index is 0.0913. The van der Waals surface area contributed by atoms with E-state index < -0.39 is 21.3 Å². The molecule has 0 aliphatic carbocycles. The first-order valence-electron chi connectivity index (χ1n) is 10.5. The van der Waals surface area contributed by atoms with Crippen LogP contribution in [-0.4, -0.2) is 32.7 Å². The Labute approximate surface area is 192 Å². The summed E-state index contributed by atoms with van der Waals surface area (Å²) in [5.74, 6) is 0. The van der Waals surface area contributed by atoms with E-state index in [4.69, 9.17) is 4.52 Å². The predicted molar refractivity (Wildman–Crippen MR) is 124 cm³/mol. The second-order valence-electron chi connectivity index (χ2n) is 7.71. The molecular formula is C22H20N6O5S. The number of nitrogens with one attached hydrogen (secondary N) is 2. The maximum absolute atomic E-state index is 12.7. The molecule has 5 aromatic rings. The molecule has 0 spiro atoms. The Kier molecular flexibility index (Phi) is 5.38. The number of hydrogen-bond donors (Lipinski definition) is 2. The first-order chi connectivity index (χ1) is 16.4. The van der Waals surface area contributed by atoms with E-state index >= 15 is 0 Å². The summed E-state index contributed by atoms with van der Waals surface area (Å²) < 4.78 is 36.0. The Morgan fingerprint density at radius 2 is 1.85 bits per heavy atom. The van der Waals surface area contributed by atoms with Gasteiger partial charge in [-0.25, -0.2) is 22.9 Å². The number of hydrogen-bond acceptors (Lipinski definition) is 7. The standard InChI is InChI=1S/C22H20N6O5S/c1-2-27-13-23-20-19(27)21(29)26-22(30)28(20)12-15-5-3-14(4-6-15)10-25-34(31,32)17-7-8-18-16(9-17)11-24-33-18/h3-9,11,13,25H,2,10,12H2,1H3,(H,26,29,30). The predicted octanol–water partition coefficient (Wildman–Crippen LogP) is 1.57. The van der Waals surface area contributed by atoms with Crippen LogP contribution in [-0.2, 0) is 29.7 Å². The van der Waals surface area contributed by atoms with Gasteiger partial charge in [0.1, 0.15) is 0 Å². The number of fused-ring (bicyclic) bond motifs is 2. The SMILES string of the molecule is CCn1cnc2c1c(=O)[nH]c(=O)n2Cc1ccc(CNS(=O)(=O)c2ccc3oncc3c2)cc1. The summed E-state index contributed by atoms with van der Waals surface area (Å²) in [6.45, 7) is 2.73. The van der Waals surface area contributed by atoms with Crippen LogP contribution in [0.2, 0.25) is 0 Å². The lowest BCUT2D eigenvalue weighted by atomic mass is 10.1. The quantitative estimate of drug-likeness (QED) is 0.360. The van der Waals surface area contributed by atoms with Crippen LogP contribution in [0.25, 0.3) is 22.1 Å². The first kappa shape index (κ1) is 21.8. The third-order valence-electron chi connectivity index (χ3n) is 5.56. The summed E-state index contributed by atoms with van der Waals surface area (Å²) in [5.41, 5.74) is 1.70. The second-order valence-corrected chi connectivity index (χ2v) is 9.48. The fourth-order valence-corrected chi connectivity index (χ4v) is 4.78. The Morgan fingerprint density at radius 1 is 1.09 bits per heavy atom. The zero-order valence-electron chi connectivity index (χ0n) is 18.1. The normalized spacial score (nSPS) is 12.0. The van der Waals surface area contributed by atoms with Crippen molar-refractivity contribution in [1.29, 1.82) is 0 Å². The van der Waals surface area contributed by atoms with Crippen molar-refractivity contribution in [3.8, 4) is 0 Å². The highest BCUT2D eigenvalue weighted by molar-refractivity contribution is 7.89. The molecule has 0 atom stereocenters. The number of sulfonamides is 1. The lowest BCUT2D eigenvalue weighted by Gasteiger charge is -2.09. The number of H-pyrrole nitrogens is 1. The van der Waals surface area contributed by atoms with Crippen molar-refractivity contribution in [3.05, 3.63) is 87.0 Å². The Bertz CT molecular complexity index is 1730. The number of aryl methyl sites for hydroxylation is 1. The van der Waals surface area contributed by atoms with Crippen molar-refractivity contribution in [3.63, 3.8) is 0 Å². The summed E-state index contributed by atoms with van der Waals surface area (Å²) in [4.78, 5) is 31.3. The molecule has 0 saturated carbocycles. The maximum atomic E-state index is 12.7. The number of nitrogens with zero attached hydrogens (tertiary/aromatic N) is 4. The molecule has 0 aliphatic heterocycles. The molecule has 2 aromatic carbocycles. The Hall–Kier alpha value is -4.03. The van der Waals surface area contributed by atoms with E-state index in [9.17, 15) is 18.0 Å². The molecular weight excluding hydrogens is 460 g/mol. The summed E-state index contributed by atoms with van der Waals surface area (Å²) in [6.07, 6.45) is 2.99. The molecule has 34 heavy (non-hydrogen) atoms. The lowest BCUT2D eigenvalue weighted by Crippen LogP contribution is -2.31. The van der Waals surface area contributed by atoms with E-state index in [-0.39, 0.29) is 18.0 Å². The van der Waals surface area contributed by atoms with Crippen molar-refractivity contribution in [2.45, 2.75) is 31.5 Å². The van der Waals surface area contributed by atoms with E-state index in [1.165, 1.54) is 29.2 Å². The highest BCUT2D eigenvalue weighted by Gasteiger charge is 2.16. The zero-order valence-corrected chi connectivity index (χ0v) is 18.9. The fraction of sp³-hybridized carbons (Fsp3) is 0.182. The van der Waals surface area contributed by atoms with Crippen molar-refractivity contribution < 1.29 is 12.9 Å². The van der Waals surface area contributed by atoms with E-state index in [1.54, 1.807) is 34.9 Å². The van der Waals surface area contributed by atoms with Gasteiger partial charge in [0, 0.05) is 18.5 Å². The van der Waals surface area contributed by atoms with Crippen LogP contribution in [0.15, 0.2) is 74.0 Å². The van der Waals surface area contributed by atoms with Gasteiger partial charge in [0.15, 0.2) is 16.7 Å². The van der Waals surface area contributed by atoms with Gasteiger partial charge in [-0.3, -0.25) is 14.3 Å². The molecule has 12 heteroatoms. The van der Waals surface area contributed by atoms with Gasteiger partial charge < -0.3 is 9.09 Å². The Balaban J connectivity index is 1.33. The van der Waals surface area contributed by atoms with Crippen molar-refractivity contribution in [2.75, 3.05) is 0 Å². The molecule has 3 aromatic heterocycles. The third-order valence-corrected chi connectivity index (χ3v) is 6.96. The summed E-state index contributed by atoms with van der Waals surface area (Å²) >= 11 is 0. The molecule has 0 aliphatic rings. The molecule has 5 rings (SSSR count). The zero-order chi connectivity index (χ0) is 23.9. The number of imidazole rings is 1. The highest BCUT2D eigenvalue weighted by atomic mass is 32.2. The molecule has 0 amide bonds. The van der Waals surface area contributed by atoms with Gasteiger partial charge >= 0.3 is 5.69 Å². The number of benzene rings is 2. The van der Waals surface area contributed by atoms with Crippen LogP contribution in [0, 0.1) is 0 Å². The molecule has 3 heterocycles. The van der Waals surface area contributed by atoms with Crippen LogP contribution in [0.1, 0.15) is 18.1 Å². The number of rotatable bonds is 7. The van der Waals surface area contributed by atoms with Crippen molar-refractivity contribution >= 4 is 32.2 Å². The van der Waals surface area contributed by atoms with Gasteiger partial charge in [0.25, 0.3) is 5.56 Å². The minimum atomic E-state index is -3.73. The van der Waals surface area contributed by atoms with Crippen LogP contribution >= 0.6 is 0 Å². The van der Waals surface area contributed by atoms with Crippen LogP contribution in [0.4, 0.5) is 0 Å². The molecule has 0 unspecified atom stereocenters.